The Kier molecular flexibility index (Phi) is 11.8. The SMILES string of the molecule is COc1ccc2c(Oc3ccc(OCCN4CCCCC4)cc3)c(-c3ccc(OCc4ccccc4)c(C(=O)N(C)C)c3)ccc2c1.Cl. The fourth-order valence-electron chi connectivity index (χ4n) is 5.91. The molecule has 7 nitrogen and oxygen atoms in total. The number of methoxy groups -OCH3 is 1. The molecule has 0 N–H and O–H groups in total. The average Bonchev–Trinajstić information content (AvgIpc) is 3.12. The van der Waals surface area contributed by atoms with E-state index in [0.717, 1.165) is 58.6 Å². The van der Waals surface area contributed by atoms with Gasteiger partial charge in [0.2, 0.25) is 0 Å². The second-order valence-electron chi connectivity index (χ2n) is 12.0. The summed E-state index contributed by atoms with van der Waals surface area (Å²) in [7, 11) is 5.15. The molecule has 8 heteroatoms. The van der Waals surface area contributed by atoms with Gasteiger partial charge in [-0.25, -0.2) is 0 Å². The molecule has 1 heterocycles. The molecular weight excluding hydrogens is 624 g/mol. The largest absolute Gasteiger partial charge is 0.497 e. The summed E-state index contributed by atoms with van der Waals surface area (Å²) in [4.78, 5) is 17.4. The Balaban J connectivity index is 0.00000451. The number of carbonyl (C=O) groups excluding carboxylic acids is 1. The van der Waals surface area contributed by atoms with Gasteiger partial charge in [0.15, 0.2) is 0 Å². The number of ether oxygens (including phenoxy) is 4. The Morgan fingerprint density at radius 3 is 2.23 bits per heavy atom. The van der Waals surface area contributed by atoms with E-state index in [9.17, 15) is 4.79 Å². The molecule has 6 rings (SSSR count). The number of amides is 1. The van der Waals surface area contributed by atoms with Crippen LogP contribution in [0.1, 0.15) is 35.2 Å². The van der Waals surface area contributed by atoms with Gasteiger partial charge < -0.3 is 23.8 Å². The lowest BCUT2D eigenvalue weighted by Crippen LogP contribution is -2.33. The first-order valence-corrected chi connectivity index (χ1v) is 16.2. The maximum absolute atomic E-state index is 13.4. The molecule has 0 spiro atoms. The monoisotopic (exact) mass is 666 g/mol. The molecule has 5 aromatic rings. The van der Waals surface area contributed by atoms with Gasteiger partial charge in [-0.1, -0.05) is 48.9 Å². The zero-order valence-corrected chi connectivity index (χ0v) is 28.6. The lowest BCUT2D eigenvalue weighted by molar-refractivity contribution is 0.0822. The van der Waals surface area contributed by atoms with E-state index in [-0.39, 0.29) is 18.3 Å². The highest BCUT2D eigenvalue weighted by molar-refractivity contribution is 6.00. The van der Waals surface area contributed by atoms with Crippen LogP contribution in [0.5, 0.6) is 28.7 Å². The van der Waals surface area contributed by atoms with Crippen molar-refractivity contribution >= 4 is 29.1 Å². The molecule has 0 aromatic heterocycles. The second-order valence-corrected chi connectivity index (χ2v) is 12.0. The summed E-state index contributed by atoms with van der Waals surface area (Å²) in [6.07, 6.45) is 3.87. The molecule has 1 saturated heterocycles. The first-order chi connectivity index (χ1) is 23.0. The van der Waals surface area contributed by atoms with Crippen LogP contribution >= 0.6 is 12.4 Å². The number of piperidine rings is 1. The summed E-state index contributed by atoms with van der Waals surface area (Å²) in [6.45, 7) is 4.27. The maximum atomic E-state index is 13.4. The molecule has 1 fully saturated rings. The number of fused-ring (bicyclic) bond motifs is 1. The molecule has 1 amide bonds. The van der Waals surface area contributed by atoms with Crippen LogP contribution in [0, 0.1) is 0 Å². The van der Waals surface area contributed by atoms with Crippen LogP contribution in [0.25, 0.3) is 21.9 Å². The first-order valence-electron chi connectivity index (χ1n) is 16.2. The number of likely N-dealkylation sites (tertiary alicyclic amines) is 1. The van der Waals surface area contributed by atoms with Gasteiger partial charge in [-0.15, -0.1) is 12.4 Å². The molecule has 0 radical (unpaired) electrons. The van der Waals surface area contributed by atoms with Crippen LogP contribution in [0.4, 0.5) is 0 Å². The number of rotatable bonds is 12. The lowest BCUT2D eigenvalue weighted by Gasteiger charge is -2.26. The standard InChI is InChI=1S/C40H42N2O5.ClH/c1-41(2)40(43)37-27-31(13-21-38(37)46-28-29-10-6-4-7-11-29)35-19-12-30-26-34(44-3)18-20-36(30)39(35)47-33-16-14-32(15-17-33)45-25-24-42-22-8-5-9-23-42;/h4,6-7,10-21,26-27H,5,8-9,22-25,28H2,1-3H3;1H. The van der Waals surface area contributed by atoms with E-state index in [1.807, 2.05) is 103 Å². The summed E-state index contributed by atoms with van der Waals surface area (Å²) in [5.41, 5.74) is 3.20. The van der Waals surface area contributed by atoms with Crippen LogP contribution < -0.4 is 18.9 Å². The highest BCUT2D eigenvalue weighted by Crippen LogP contribution is 2.42. The van der Waals surface area contributed by atoms with Crippen molar-refractivity contribution < 1.29 is 23.7 Å². The van der Waals surface area contributed by atoms with Crippen molar-refractivity contribution in [2.45, 2.75) is 25.9 Å². The molecule has 0 atom stereocenters. The number of hydrogen-bond acceptors (Lipinski definition) is 6. The van der Waals surface area contributed by atoms with Gasteiger partial charge in [-0.05, 0) is 103 Å². The number of halogens is 1. The third kappa shape index (κ3) is 8.40. The number of carbonyl (C=O) groups is 1. The molecule has 0 aliphatic carbocycles. The van der Waals surface area contributed by atoms with Crippen molar-refractivity contribution in [1.82, 2.24) is 9.80 Å². The molecule has 0 unspecified atom stereocenters. The van der Waals surface area contributed by atoms with Crippen LogP contribution in [0.15, 0.2) is 103 Å². The maximum Gasteiger partial charge on any atom is 0.257 e. The number of hydrogen-bond donors (Lipinski definition) is 0. The van der Waals surface area contributed by atoms with Crippen molar-refractivity contribution in [2.75, 3.05) is 47.4 Å². The number of benzene rings is 5. The molecule has 0 bridgehead atoms. The van der Waals surface area contributed by atoms with Crippen molar-refractivity contribution in [3.05, 3.63) is 114 Å². The normalized spacial score (nSPS) is 13.0. The minimum Gasteiger partial charge on any atom is -0.497 e. The first kappa shape index (κ1) is 34.6. The summed E-state index contributed by atoms with van der Waals surface area (Å²) in [5.74, 6) is 3.34. The van der Waals surface area contributed by atoms with Gasteiger partial charge in [0.25, 0.3) is 5.91 Å². The van der Waals surface area contributed by atoms with Crippen LogP contribution in [-0.4, -0.2) is 63.2 Å². The Morgan fingerprint density at radius 1 is 0.771 bits per heavy atom. The molecule has 250 valence electrons. The molecule has 0 saturated carbocycles. The second kappa shape index (κ2) is 16.4. The third-order valence-electron chi connectivity index (χ3n) is 8.51. The molecule has 5 aromatic carbocycles. The highest BCUT2D eigenvalue weighted by Gasteiger charge is 2.20. The van der Waals surface area contributed by atoms with Gasteiger partial charge in [-0.2, -0.15) is 0 Å². The van der Waals surface area contributed by atoms with E-state index in [1.54, 1.807) is 26.1 Å². The quantitative estimate of drug-likeness (QED) is 0.133. The predicted molar refractivity (Wildman–Crippen MR) is 194 cm³/mol. The fourth-order valence-corrected chi connectivity index (χ4v) is 5.91. The third-order valence-corrected chi connectivity index (χ3v) is 8.51. The fraction of sp³-hybridized carbons (Fsp3) is 0.275. The summed E-state index contributed by atoms with van der Waals surface area (Å²) in [6, 6.07) is 33.4. The Hall–Kier alpha value is -4.72. The van der Waals surface area contributed by atoms with E-state index in [1.165, 1.54) is 19.3 Å². The van der Waals surface area contributed by atoms with Crippen LogP contribution in [0.2, 0.25) is 0 Å². The van der Waals surface area contributed by atoms with E-state index >= 15 is 0 Å². The van der Waals surface area contributed by atoms with E-state index in [0.29, 0.717) is 36.0 Å². The minimum absolute atomic E-state index is 0. The predicted octanol–water partition coefficient (Wildman–Crippen LogP) is 8.88. The summed E-state index contributed by atoms with van der Waals surface area (Å²) in [5, 5.41) is 1.91. The highest BCUT2D eigenvalue weighted by atomic mass is 35.5. The molecule has 1 aliphatic heterocycles. The zero-order chi connectivity index (χ0) is 32.6. The van der Waals surface area contributed by atoms with Gasteiger partial charge in [0, 0.05) is 31.6 Å². The van der Waals surface area contributed by atoms with Gasteiger partial charge in [0.05, 0.1) is 12.7 Å². The zero-order valence-electron chi connectivity index (χ0n) is 27.8. The Morgan fingerprint density at radius 2 is 1.50 bits per heavy atom. The molecule has 1 aliphatic rings. The smallest absolute Gasteiger partial charge is 0.257 e. The summed E-state index contributed by atoms with van der Waals surface area (Å²) >= 11 is 0. The van der Waals surface area contributed by atoms with Gasteiger partial charge in [-0.3, -0.25) is 9.69 Å². The molecule has 48 heavy (non-hydrogen) atoms. The van der Waals surface area contributed by atoms with Gasteiger partial charge in [0.1, 0.15) is 42.0 Å². The van der Waals surface area contributed by atoms with E-state index in [4.69, 9.17) is 18.9 Å². The average molecular weight is 667 g/mol. The Labute approximate surface area is 289 Å². The topological polar surface area (TPSA) is 60.5 Å². The van der Waals surface area contributed by atoms with Crippen LogP contribution in [0.3, 0.4) is 0 Å². The van der Waals surface area contributed by atoms with Crippen LogP contribution in [-0.2, 0) is 6.61 Å². The van der Waals surface area contributed by atoms with E-state index in [2.05, 4.69) is 4.90 Å². The van der Waals surface area contributed by atoms with Gasteiger partial charge >= 0.3 is 0 Å². The molecular formula is C40H43ClN2O5. The van der Waals surface area contributed by atoms with Crippen molar-refractivity contribution in [2.24, 2.45) is 0 Å². The Bertz CT molecular complexity index is 1810. The van der Waals surface area contributed by atoms with Crippen molar-refractivity contribution in [1.29, 1.82) is 0 Å². The van der Waals surface area contributed by atoms with Crippen molar-refractivity contribution in [3.8, 4) is 39.9 Å². The minimum atomic E-state index is -0.140. The lowest BCUT2D eigenvalue weighted by atomic mass is 9.97. The van der Waals surface area contributed by atoms with E-state index < -0.39 is 0 Å². The summed E-state index contributed by atoms with van der Waals surface area (Å²) < 4.78 is 24.4. The van der Waals surface area contributed by atoms with Crippen molar-refractivity contribution in [3.63, 3.8) is 0 Å². The number of nitrogens with zero attached hydrogens (tertiary/aromatic N) is 2.